The first-order valence-electron chi connectivity index (χ1n) is 2.91. The van der Waals surface area contributed by atoms with Crippen LogP contribution in [-0.2, 0) is 0 Å². The van der Waals surface area contributed by atoms with Crippen molar-refractivity contribution >= 4 is 11.8 Å². The summed E-state index contributed by atoms with van der Waals surface area (Å²) in [5, 5.41) is 8.39. The lowest BCUT2D eigenvalue weighted by Crippen LogP contribution is -1.98. The molecule has 0 saturated carbocycles. The van der Waals surface area contributed by atoms with Gasteiger partial charge in [-0.05, 0) is 0 Å². The van der Waals surface area contributed by atoms with Gasteiger partial charge in [-0.1, -0.05) is 0 Å². The summed E-state index contributed by atoms with van der Waals surface area (Å²) in [5.41, 5.74) is -0.143. The highest BCUT2D eigenvalue weighted by atomic mass is 16.4. The van der Waals surface area contributed by atoms with E-state index in [2.05, 4.69) is 9.97 Å². The van der Waals surface area contributed by atoms with Gasteiger partial charge < -0.3 is 10.1 Å². The van der Waals surface area contributed by atoms with E-state index in [1.165, 1.54) is 13.1 Å². The number of nitrogens with one attached hydrogen (secondary N) is 1. The molecule has 0 spiro atoms. The van der Waals surface area contributed by atoms with Crippen molar-refractivity contribution in [1.82, 2.24) is 9.97 Å². The summed E-state index contributed by atoms with van der Waals surface area (Å²) in [5.74, 6) is -1.35. The van der Waals surface area contributed by atoms with Gasteiger partial charge in [0.15, 0.2) is 17.3 Å². The van der Waals surface area contributed by atoms with Crippen LogP contribution >= 0.6 is 0 Å². The third-order valence-corrected chi connectivity index (χ3v) is 1.13. The molecule has 0 atom stereocenters. The lowest BCUT2D eigenvalue weighted by Gasteiger charge is -1.82. The van der Waals surface area contributed by atoms with Crippen molar-refractivity contribution in [2.45, 2.75) is 6.92 Å². The zero-order valence-corrected chi connectivity index (χ0v) is 5.79. The van der Waals surface area contributed by atoms with Gasteiger partial charge in [0.25, 0.3) is 0 Å². The van der Waals surface area contributed by atoms with Gasteiger partial charge in [0, 0.05) is 13.1 Å². The van der Waals surface area contributed by atoms with E-state index in [1.54, 1.807) is 0 Å². The number of ketones is 1. The summed E-state index contributed by atoms with van der Waals surface area (Å²) in [7, 11) is 0. The molecule has 0 aliphatic carbocycles. The van der Waals surface area contributed by atoms with Crippen LogP contribution in [0.2, 0.25) is 0 Å². The topological polar surface area (TPSA) is 83.1 Å². The molecule has 0 radical (unpaired) electrons. The zero-order chi connectivity index (χ0) is 8.43. The first kappa shape index (κ1) is 7.46. The van der Waals surface area contributed by atoms with Gasteiger partial charge >= 0.3 is 5.97 Å². The maximum atomic E-state index is 10.6. The van der Waals surface area contributed by atoms with Gasteiger partial charge in [0.05, 0.1) is 0 Å². The highest BCUT2D eigenvalue weighted by molar-refractivity contribution is 5.92. The summed E-state index contributed by atoms with van der Waals surface area (Å²) in [4.78, 5) is 26.8. The predicted molar refractivity (Wildman–Crippen MR) is 35.6 cm³/mol. The number of hydrogen-bond acceptors (Lipinski definition) is 3. The van der Waals surface area contributed by atoms with Crippen molar-refractivity contribution in [2.24, 2.45) is 0 Å². The maximum absolute atomic E-state index is 10.6. The monoisotopic (exact) mass is 154 g/mol. The number of Topliss-reactive ketones (excluding diaryl/α,β-unsaturated/α-hetero) is 1. The highest BCUT2D eigenvalue weighted by Gasteiger charge is 2.09. The Morgan fingerprint density at radius 3 is 2.55 bits per heavy atom. The van der Waals surface area contributed by atoms with Crippen LogP contribution in [0, 0.1) is 0 Å². The SMILES string of the molecule is CC(=O)c1nc(C(=O)O)c[nH]1. The van der Waals surface area contributed by atoms with Crippen LogP contribution < -0.4 is 0 Å². The van der Waals surface area contributed by atoms with Gasteiger partial charge in [-0.3, -0.25) is 4.79 Å². The summed E-state index contributed by atoms with van der Waals surface area (Å²) < 4.78 is 0. The molecule has 1 heterocycles. The number of rotatable bonds is 2. The van der Waals surface area contributed by atoms with Gasteiger partial charge in [-0.15, -0.1) is 0 Å². The number of carbonyl (C=O) groups excluding carboxylic acids is 1. The molecule has 1 aromatic rings. The molecule has 0 unspecified atom stereocenters. The number of H-pyrrole nitrogens is 1. The van der Waals surface area contributed by atoms with Crippen LogP contribution in [0.25, 0.3) is 0 Å². The van der Waals surface area contributed by atoms with Crippen LogP contribution in [0.1, 0.15) is 28.0 Å². The normalized spacial score (nSPS) is 9.55. The second-order valence-electron chi connectivity index (χ2n) is 2.00. The summed E-state index contributed by atoms with van der Waals surface area (Å²) >= 11 is 0. The minimum absolute atomic E-state index is 0.0717. The minimum Gasteiger partial charge on any atom is -0.476 e. The Morgan fingerprint density at radius 2 is 2.27 bits per heavy atom. The van der Waals surface area contributed by atoms with E-state index in [-0.39, 0.29) is 17.3 Å². The number of imidazole rings is 1. The first-order chi connectivity index (χ1) is 5.11. The summed E-state index contributed by atoms with van der Waals surface area (Å²) in [6.45, 7) is 1.31. The second-order valence-corrected chi connectivity index (χ2v) is 2.00. The second kappa shape index (κ2) is 2.53. The Morgan fingerprint density at radius 1 is 1.64 bits per heavy atom. The average molecular weight is 154 g/mol. The lowest BCUT2D eigenvalue weighted by molar-refractivity contribution is 0.0691. The van der Waals surface area contributed by atoms with Crippen molar-refractivity contribution in [3.63, 3.8) is 0 Å². The molecule has 2 N–H and O–H groups in total. The highest BCUT2D eigenvalue weighted by Crippen LogP contribution is 1.96. The van der Waals surface area contributed by atoms with E-state index >= 15 is 0 Å². The minimum atomic E-state index is -1.14. The molecule has 0 amide bonds. The van der Waals surface area contributed by atoms with Crippen molar-refractivity contribution < 1.29 is 14.7 Å². The number of aromatic nitrogens is 2. The standard InChI is InChI=1S/C6H6N2O3/c1-3(9)5-7-2-4(8-5)6(10)11/h2H,1H3,(H,7,8)(H,10,11). The number of carboxylic acid groups (broad SMARTS) is 1. The van der Waals surface area contributed by atoms with E-state index in [9.17, 15) is 9.59 Å². The van der Waals surface area contributed by atoms with Crippen molar-refractivity contribution in [3.8, 4) is 0 Å². The van der Waals surface area contributed by atoms with E-state index in [0.29, 0.717) is 0 Å². The Labute approximate surface area is 62.1 Å². The van der Waals surface area contributed by atoms with E-state index < -0.39 is 5.97 Å². The smallest absolute Gasteiger partial charge is 0.356 e. The molecule has 1 rings (SSSR count). The molecule has 0 fully saturated rings. The molecule has 0 aliphatic heterocycles. The largest absolute Gasteiger partial charge is 0.476 e. The number of nitrogens with zero attached hydrogens (tertiary/aromatic N) is 1. The fourth-order valence-corrected chi connectivity index (χ4v) is 0.612. The molecule has 0 aromatic carbocycles. The molecular formula is C6H6N2O3. The van der Waals surface area contributed by atoms with Crippen molar-refractivity contribution in [3.05, 3.63) is 17.7 Å². The van der Waals surface area contributed by atoms with Gasteiger partial charge in [-0.2, -0.15) is 0 Å². The van der Waals surface area contributed by atoms with Crippen LogP contribution in [0.5, 0.6) is 0 Å². The third kappa shape index (κ3) is 1.43. The van der Waals surface area contributed by atoms with Crippen LogP contribution in [0.3, 0.4) is 0 Å². The Balaban J connectivity index is 2.99. The van der Waals surface area contributed by atoms with E-state index in [0.717, 1.165) is 0 Å². The Kier molecular flexibility index (Phi) is 1.72. The lowest BCUT2D eigenvalue weighted by atomic mass is 10.4. The number of aromatic amines is 1. The summed E-state index contributed by atoms with van der Waals surface area (Å²) in [6.07, 6.45) is 1.18. The molecule has 0 bridgehead atoms. The van der Waals surface area contributed by atoms with Crippen LogP contribution in [0.4, 0.5) is 0 Å². The molecular weight excluding hydrogens is 148 g/mol. The maximum Gasteiger partial charge on any atom is 0.356 e. The zero-order valence-electron chi connectivity index (χ0n) is 5.79. The van der Waals surface area contributed by atoms with E-state index in [1.807, 2.05) is 0 Å². The molecule has 5 nitrogen and oxygen atoms in total. The van der Waals surface area contributed by atoms with Crippen LogP contribution in [0.15, 0.2) is 6.20 Å². The van der Waals surface area contributed by atoms with Gasteiger partial charge in [-0.25, -0.2) is 9.78 Å². The molecule has 0 aliphatic rings. The summed E-state index contributed by atoms with van der Waals surface area (Å²) in [6, 6.07) is 0. The molecule has 0 saturated heterocycles. The molecule has 5 heteroatoms. The number of carbonyl (C=O) groups is 2. The van der Waals surface area contributed by atoms with Crippen molar-refractivity contribution in [2.75, 3.05) is 0 Å². The van der Waals surface area contributed by atoms with Crippen molar-refractivity contribution in [1.29, 1.82) is 0 Å². The first-order valence-corrected chi connectivity index (χ1v) is 2.91. The van der Waals surface area contributed by atoms with E-state index in [4.69, 9.17) is 5.11 Å². The average Bonchev–Trinajstić information content (AvgIpc) is 2.33. The fourth-order valence-electron chi connectivity index (χ4n) is 0.612. The molecule has 58 valence electrons. The third-order valence-electron chi connectivity index (χ3n) is 1.13. The Bertz CT molecular complexity index is 274. The van der Waals surface area contributed by atoms with Crippen LogP contribution in [-0.4, -0.2) is 26.8 Å². The predicted octanol–water partition coefficient (Wildman–Crippen LogP) is 0.310. The number of aromatic carboxylic acids is 1. The quantitative estimate of drug-likeness (QED) is 0.600. The molecule has 11 heavy (non-hydrogen) atoms. The number of carboxylic acids is 1. The molecule has 1 aromatic heterocycles. The Hall–Kier alpha value is -1.65. The van der Waals surface area contributed by atoms with Gasteiger partial charge in [0.2, 0.25) is 0 Å². The fraction of sp³-hybridized carbons (Fsp3) is 0.167. The van der Waals surface area contributed by atoms with Gasteiger partial charge in [0.1, 0.15) is 0 Å². The number of hydrogen-bond donors (Lipinski definition) is 2.